The number of aryl methyl sites for hydroxylation is 2. The Balaban J connectivity index is 1.62. The van der Waals surface area contributed by atoms with Crippen molar-refractivity contribution in [3.05, 3.63) is 76.5 Å². The van der Waals surface area contributed by atoms with Crippen molar-refractivity contribution in [2.24, 2.45) is 0 Å². The molecule has 0 spiro atoms. The van der Waals surface area contributed by atoms with Crippen LogP contribution in [0.4, 0.5) is 0 Å². The number of phenols is 1. The van der Waals surface area contributed by atoms with Gasteiger partial charge >= 0.3 is 0 Å². The van der Waals surface area contributed by atoms with E-state index >= 15 is 0 Å². The van der Waals surface area contributed by atoms with Crippen LogP contribution < -0.4 is 5.32 Å². The van der Waals surface area contributed by atoms with Gasteiger partial charge in [-0.3, -0.25) is 9.89 Å². The number of phenolic OH excluding ortho intramolecular Hbond substituents is 1. The van der Waals surface area contributed by atoms with Gasteiger partial charge in [-0.15, -0.1) is 0 Å². The molecule has 34 heavy (non-hydrogen) atoms. The fraction of sp³-hybridized carbons (Fsp3) is 0.222. The van der Waals surface area contributed by atoms with Crippen molar-refractivity contribution in [3.63, 3.8) is 0 Å². The van der Waals surface area contributed by atoms with E-state index in [0.717, 1.165) is 24.2 Å². The van der Waals surface area contributed by atoms with Gasteiger partial charge < -0.3 is 15.3 Å². The van der Waals surface area contributed by atoms with Gasteiger partial charge in [-0.05, 0) is 61.4 Å². The van der Waals surface area contributed by atoms with Crippen LogP contribution in [0.5, 0.6) is 5.75 Å². The highest BCUT2D eigenvalue weighted by atomic mass is 16.3. The van der Waals surface area contributed by atoms with E-state index in [1.54, 1.807) is 24.3 Å². The van der Waals surface area contributed by atoms with E-state index in [4.69, 9.17) is 4.98 Å². The van der Waals surface area contributed by atoms with Gasteiger partial charge in [0, 0.05) is 31.7 Å². The van der Waals surface area contributed by atoms with Crippen LogP contribution >= 0.6 is 0 Å². The maximum absolute atomic E-state index is 13.6. The normalized spacial score (nSPS) is 14.2. The lowest BCUT2D eigenvalue weighted by Crippen LogP contribution is -2.46. The lowest BCUT2D eigenvalue weighted by Gasteiger charge is -2.27. The summed E-state index contributed by atoms with van der Waals surface area (Å²) in [6, 6.07) is 15.0. The van der Waals surface area contributed by atoms with Crippen LogP contribution in [-0.4, -0.2) is 57.3 Å². The number of aromatic hydroxyl groups is 1. The molecule has 0 aliphatic carbocycles. The molecule has 3 heterocycles. The first-order valence-corrected chi connectivity index (χ1v) is 11.4. The summed E-state index contributed by atoms with van der Waals surface area (Å²) in [5.74, 6) is 0.152. The molecule has 0 atom stereocenters. The van der Waals surface area contributed by atoms with Crippen LogP contribution in [0.25, 0.3) is 34.4 Å². The predicted octanol–water partition coefficient (Wildman–Crippen LogP) is 4.16. The van der Waals surface area contributed by atoms with Crippen LogP contribution in [0.3, 0.4) is 0 Å². The van der Waals surface area contributed by atoms with Gasteiger partial charge in [0.1, 0.15) is 5.75 Å². The van der Waals surface area contributed by atoms with Gasteiger partial charge in [-0.25, -0.2) is 4.98 Å². The third-order valence-corrected chi connectivity index (χ3v) is 6.20. The van der Waals surface area contributed by atoms with Crippen molar-refractivity contribution in [1.29, 1.82) is 0 Å². The van der Waals surface area contributed by atoms with Gasteiger partial charge in [-0.2, -0.15) is 5.10 Å². The number of fused-ring (bicyclic) bond motifs is 1. The molecule has 0 radical (unpaired) electrons. The van der Waals surface area contributed by atoms with Gasteiger partial charge in [-0.1, -0.05) is 29.8 Å². The van der Waals surface area contributed by atoms with Crippen molar-refractivity contribution in [3.8, 4) is 17.0 Å². The van der Waals surface area contributed by atoms with Crippen LogP contribution in [0.15, 0.2) is 48.5 Å². The van der Waals surface area contributed by atoms with Gasteiger partial charge in [0.15, 0.2) is 5.65 Å². The highest BCUT2D eigenvalue weighted by Gasteiger charge is 2.24. The number of carbonyl (C=O) groups is 1. The lowest BCUT2D eigenvalue weighted by molar-refractivity contribution is 0.0737. The van der Waals surface area contributed by atoms with Gasteiger partial charge in [0.05, 0.1) is 22.3 Å². The minimum absolute atomic E-state index is 0.0310. The zero-order valence-corrected chi connectivity index (χ0v) is 19.3. The third kappa shape index (κ3) is 4.30. The lowest BCUT2D eigenvalue weighted by atomic mass is 10.0. The Bertz CT molecular complexity index is 1380. The summed E-state index contributed by atoms with van der Waals surface area (Å²) in [5.41, 5.74) is 6.78. The molecule has 1 aliphatic heterocycles. The number of rotatable bonds is 4. The molecule has 3 N–H and O–H groups in total. The molecular weight excluding hydrogens is 426 g/mol. The van der Waals surface area contributed by atoms with Crippen LogP contribution in [-0.2, 0) is 0 Å². The number of aromatic amines is 1. The predicted molar refractivity (Wildman–Crippen MR) is 135 cm³/mol. The molecule has 2 aromatic carbocycles. The number of piperazine rings is 1. The SMILES string of the molecule is Cc1ccc(C=Cc2n[nH]c3nc(-c4ccc(O)cc4)cc(C(=O)N4CCNCC4)c23)c(C)c1. The van der Waals surface area contributed by atoms with E-state index in [0.29, 0.717) is 41.1 Å². The smallest absolute Gasteiger partial charge is 0.254 e. The van der Waals surface area contributed by atoms with E-state index < -0.39 is 0 Å². The summed E-state index contributed by atoms with van der Waals surface area (Å²) >= 11 is 0. The molecule has 0 bridgehead atoms. The van der Waals surface area contributed by atoms with E-state index in [2.05, 4.69) is 47.6 Å². The van der Waals surface area contributed by atoms with Crippen molar-refractivity contribution < 1.29 is 9.90 Å². The summed E-state index contributed by atoms with van der Waals surface area (Å²) in [5, 5.41) is 21.2. The summed E-state index contributed by atoms with van der Waals surface area (Å²) < 4.78 is 0. The molecule has 5 rings (SSSR count). The Labute approximate surface area is 198 Å². The number of nitrogens with zero attached hydrogens (tertiary/aromatic N) is 3. The van der Waals surface area contributed by atoms with Gasteiger partial charge in [0.25, 0.3) is 5.91 Å². The second kappa shape index (κ2) is 9.11. The number of pyridine rings is 1. The fourth-order valence-corrected chi connectivity index (χ4v) is 4.34. The van der Waals surface area contributed by atoms with Crippen molar-refractivity contribution >= 4 is 29.1 Å². The first-order chi connectivity index (χ1) is 16.5. The molecule has 1 amide bonds. The van der Waals surface area contributed by atoms with E-state index in [-0.39, 0.29) is 11.7 Å². The Hall–Kier alpha value is -3.97. The van der Waals surface area contributed by atoms with E-state index in [9.17, 15) is 9.90 Å². The number of hydrogen-bond acceptors (Lipinski definition) is 5. The molecule has 4 aromatic rings. The number of carbonyl (C=O) groups excluding carboxylic acids is 1. The molecule has 0 saturated carbocycles. The molecule has 1 fully saturated rings. The Morgan fingerprint density at radius 1 is 1.03 bits per heavy atom. The van der Waals surface area contributed by atoms with Crippen molar-refractivity contribution in [1.82, 2.24) is 25.4 Å². The Morgan fingerprint density at radius 2 is 1.79 bits per heavy atom. The number of amides is 1. The molecule has 2 aromatic heterocycles. The second-order valence-electron chi connectivity index (χ2n) is 8.67. The van der Waals surface area contributed by atoms with E-state index in [1.807, 2.05) is 23.1 Å². The standard InChI is InChI=1S/C27H27N5O2/c1-17-3-4-19(18(2)15-17)7-10-23-25-22(27(34)32-13-11-28-12-14-32)16-24(29-26(25)31-30-23)20-5-8-21(33)9-6-20/h3-10,15-16,28,33H,11-14H2,1-2H3,(H,29,30,31). The highest BCUT2D eigenvalue weighted by molar-refractivity contribution is 6.09. The Kier molecular flexibility index (Phi) is 5.86. The van der Waals surface area contributed by atoms with Crippen LogP contribution in [0, 0.1) is 13.8 Å². The second-order valence-corrected chi connectivity index (χ2v) is 8.67. The summed E-state index contributed by atoms with van der Waals surface area (Å²) in [7, 11) is 0. The van der Waals surface area contributed by atoms with Crippen LogP contribution in [0.1, 0.15) is 32.7 Å². The van der Waals surface area contributed by atoms with E-state index in [1.165, 1.54) is 11.1 Å². The minimum atomic E-state index is -0.0310. The number of H-pyrrole nitrogens is 1. The molecule has 7 heteroatoms. The third-order valence-electron chi connectivity index (χ3n) is 6.20. The summed E-state index contributed by atoms with van der Waals surface area (Å²) in [6.45, 7) is 7.02. The minimum Gasteiger partial charge on any atom is -0.508 e. The topological polar surface area (TPSA) is 94.1 Å². The molecule has 0 unspecified atom stereocenters. The number of nitrogens with one attached hydrogen (secondary N) is 2. The largest absolute Gasteiger partial charge is 0.508 e. The first kappa shape index (κ1) is 21.9. The number of benzene rings is 2. The maximum atomic E-state index is 13.6. The molecule has 1 aliphatic rings. The molecule has 172 valence electrons. The zero-order valence-electron chi connectivity index (χ0n) is 19.3. The number of aromatic nitrogens is 3. The molecule has 1 saturated heterocycles. The average molecular weight is 454 g/mol. The van der Waals surface area contributed by atoms with Gasteiger partial charge in [0.2, 0.25) is 0 Å². The number of hydrogen-bond donors (Lipinski definition) is 3. The molecular formula is C27H27N5O2. The first-order valence-electron chi connectivity index (χ1n) is 11.4. The van der Waals surface area contributed by atoms with Crippen molar-refractivity contribution in [2.45, 2.75) is 13.8 Å². The average Bonchev–Trinajstić information content (AvgIpc) is 3.26. The monoisotopic (exact) mass is 453 g/mol. The fourth-order valence-electron chi connectivity index (χ4n) is 4.34. The van der Waals surface area contributed by atoms with Crippen LogP contribution in [0.2, 0.25) is 0 Å². The molecule has 7 nitrogen and oxygen atoms in total. The Morgan fingerprint density at radius 3 is 2.53 bits per heavy atom. The quantitative estimate of drug-likeness (QED) is 0.431. The zero-order chi connectivity index (χ0) is 23.7. The highest BCUT2D eigenvalue weighted by Crippen LogP contribution is 2.29. The maximum Gasteiger partial charge on any atom is 0.254 e. The summed E-state index contributed by atoms with van der Waals surface area (Å²) in [4.78, 5) is 20.3. The summed E-state index contributed by atoms with van der Waals surface area (Å²) in [6.07, 6.45) is 3.96. The van der Waals surface area contributed by atoms with Crippen molar-refractivity contribution in [2.75, 3.05) is 26.2 Å².